The molecule has 3 heterocycles. The number of fused-ring (bicyclic) bond motifs is 2. The van der Waals surface area contributed by atoms with E-state index in [1.54, 1.807) is 47.5 Å². The molecule has 2 aliphatic rings. The number of carbonyl (C=O) groups is 3. The molecule has 1 aromatic heterocycles. The minimum Gasteiger partial charge on any atom is -0.352 e. The fourth-order valence-corrected chi connectivity index (χ4v) is 4.87. The zero-order valence-electron chi connectivity index (χ0n) is 19.1. The lowest BCUT2D eigenvalue weighted by molar-refractivity contribution is 0.0746. The second-order valence-electron chi connectivity index (χ2n) is 8.65. The predicted molar refractivity (Wildman–Crippen MR) is 137 cm³/mol. The molecule has 1 saturated heterocycles. The van der Waals surface area contributed by atoms with Gasteiger partial charge in [-0.1, -0.05) is 35.9 Å². The summed E-state index contributed by atoms with van der Waals surface area (Å²) in [5.74, 6) is -0.342. The van der Waals surface area contributed by atoms with Crippen LogP contribution in [0.15, 0.2) is 72.9 Å². The van der Waals surface area contributed by atoms with Gasteiger partial charge in [0.25, 0.3) is 17.7 Å². The first-order valence-corrected chi connectivity index (χ1v) is 11.9. The van der Waals surface area contributed by atoms with Crippen molar-refractivity contribution in [2.24, 2.45) is 0 Å². The van der Waals surface area contributed by atoms with Crippen LogP contribution in [0.2, 0.25) is 5.02 Å². The Kier molecular flexibility index (Phi) is 5.38. The Morgan fingerprint density at radius 2 is 1.50 bits per heavy atom. The highest BCUT2D eigenvalue weighted by atomic mass is 35.5. The molecule has 0 atom stereocenters. The summed E-state index contributed by atoms with van der Waals surface area (Å²) in [6.07, 6.45) is 1.76. The number of hydrogen-bond donors (Lipinski definition) is 0. The lowest BCUT2D eigenvalue weighted by Crippen LogP contribution is -2.49. The highest BCUT2D eigenvalue weighted by molar-refractivity contribution is 6.39. The lowest BCUT2D eigenvalue weighted by Gasteiger charge is -2.35. The molecule has 36 heavy (non-hydrogen) atoms. The molecule has 178 valence electrons. The standard InChI is InChI=1S/C27H20ClN5O3/c28-20-5-1-4-8-23(20)33-26(35)18-10-9-17(15-19(18)27(33)36)25(34)32-13-11-31(12-14-32)24-16-29-21-6-2-3-7-22(21)30-24/h1-10,15-16H,11-14H2. The largest absolute Gasteiger partial charge is 0.352 e. The van der Waals surface area contributed by atoms with Crippen LogP contribution in [0.25, 0.3) is 11.0 Å². The molecule has 0 saturated carbocycles. The van der Waals surface area contributed by atoms with Gasteiger partial charge in [-0.15, -0.1) is 0 Å². The predicted octanol–water partition coefficient (Wildman–Crippen LogP) is 4.05. The topological polar surface area (TPSA) is 86.7 Å². The molecule has 9 heteroatoms. The van der Waals surface area contributed by atoms with Gasteiger partial charge in [0.1, 0.15) is 5.82 Å². The summed E-state index contributed by atoms with van der Waals surface area (Å²) < 4.78 is 0. The van der Waals surface area contributed by atoms with Gasteiger partial charge < -0.3 is 9.80 Å². The number of imide groups is 1. The van der Waals surface area contributed by atoms with E-state index in [1.807, 2.05) is 24.3 Å². The Morgan fingerprint density at radius 1 is 0.806 bits per heavy atom. The van der Waals surface area contributed by atoms with Crippen LogP contribution in [-0.4, -0.2) is 58.8 Å². The van der Waals surface area contributed by atoms with Gasteiger partial charge in [0.05, 0.1) is 39.1 Å². The van der Waals surface area contributed by atoms with Crippen molar-refractivity contribution >= 4 is 51.9 Å². The SMILES string of the molecule is O=C(c1ccc2c(c1)C(=O)N(c1ccccc1Cl)C2=O)N1CCN(c2cnc3ccccc3n2)CC1. The number of para-hydroxylation sites is 3. The van der Waals surface area contributed by atoms with Gasteiger partial charge in [-0.05, 0) is 42.5 Å². The van der Waals surface area contributed by atoms with Gasteiger partial charge in [0.2, 0.25) is 0 Å². The van der Waals surface area contributed by atoms with Crippen molar-refractivity contribution in [1.82, 2.24) is 14.9 Å². The monoisotopic (exact) mass is 497 g/mol. The molecule has 0 radical (unpaired) electrons. The van der Waals surface area contributed by atoms with Crippen LogP contribution < -0.4 is 9.80 Å². The quantitative estimate of drug-likeness (QED) is 0.397. The van der Waals surface area contributed by atoms with E-state index in [9.17, 15) is 14.4 Å². The fraction of sp³-hybridized carbons (Fsp3) is 0.148. The second kappa shape index (κ2) is 8.73. The van der Waals surface area contributed by atoms with E-state index in [4.69, 9.17) is 16.6 Å². The molecule has 6 rings (SSSR count). The number of aromatic nitrogens is 2. The maximum atomic E-state index is 13.3. The minimum atomic E-state index is -0.488. The summed E-state index contributed by atoms with van der Waals surface area (Å²) in [5.41, 5.74) is 2.83. The van der Waals surface area contributed by atoms with Crippen LogP contribution in [0.5, 0.6) is 0 Å². The van der Waals surface area contributed by atoms with Crippen molar-refractivity contribution in [2.75, 3.05) is 36.0 Å². The Labute approximate surface area is 211 Å². The van der Waals surface area contributed by atoms with E-state index < -0.39 is 11.8 Å². The lowest BCUT2D eigenvalue weighted by atomic mass is 10.0. The molecule has 2 aliphatic heterocycles. The van der Waals surface area contributed by atoms with Crippen molar-refractivity contribution in [3.05, 3.63) is 94.6 Å². The minimum absolute atomic E-state index is 0.182. The van der Waals surface area contributed by atoms with Gasteiger partial charge >= 0.3 is 0 Å². The summed E-state index contributed by atoms with van der Waals surface area (Å²) in [6.45, 7) is 2.23. The summed E-state index contributed by atoms with van der Waals surface area (Å²) in [5, 5.41) is 0.303. The Bertz CT molecular complexity index is 1550. The first kappa shape index (κ1) is 22.2. The third kappa shape index (κ3) is 3.67. The van der Waals surface area contributed by atoms with Crippen molar-refractivity contribution in [1.29, 1.82) is 0 Å². The van der Waals surface area contributed by atoms with Crippen LogP contribution >= 0.6 is 11.6 Å². The third-order valence-corrected chi connectivity index (χ3v) is 6.87. The summed E-state index contributed by atoms with van der Waals surface area (Å²) >= 11 is 6.23. The number of rotatable bonds is 3. The van der Waals surface area contributed by atoms with Crippen LogP contribution in [0, 0.1) is 0 Å². The molecule has 3 aromatic carbocycles. The Balaban J connectivity index is 1.18. The Hall–Kier alpha value is -4.30. The molecule has 0 spiro atoms. The van der Waals surface area contributed by atoms with Gasteiger partial charge in [0, 0.05) is 31.7 Å². The van der Waals surface area contributed by atoms with E-state index in [1.165, 1.54) is 6.07 Å². The van der Waals surface area contributed by atoms with Crippen molar-refractivity contribution in [3.63, 3.8) is 0 Å². The molecule has 1 fully saturated rings. The van der Waals surface area contributed by atoms with E-state index in [2.05, 4.69) is 9.88 Å². The fourth-order valence-electron chi connectivity index (χ4n) is 4.65. The normalized spacial score (nSPS) is 15.5. The molecular weight excluding hydrogens is 478 g/mol. The number of piperazine rings is 1. The Morgan fingerprint density at radius 3 is 2.28 bits per heavy atom. The number of benzene rings is 3. The van der Waals surface area contributed by atoms with Crippen LogP contribution in [0.3, 0.4) is 0 Å². The number of anilines is 2. The van der Waals surface area contributed by atoms with E-state index in [0.717, 1.165) is 21.8 Å². The third-order valence-electron chi connectivity index (χ3n) is 6.55. The highest BCUT2D eigenvalue weighted by Crippen LogP contribution is 2.33. The second-order valence-corrected chi connectivity index (χ2v) is 9.06. The maximum Gasteiger partial charge on any atom is 0.266 e. The molecule has 3 amide bonds. The average molecular weight is 498 g/mol. The maximum absolute atomic E-state index is 13.3. The summed E-state index contributed by atoms with van der Waals surface area (Å²) in [6, 6.07) is 19.0. The smallest absolute Gasteiger partial charge is 0.266 e. The molecule has 0 unspecified atom stereocenters. The highest BCUT2D eigenvalue weighted by Gasteiger charge is 2.38. The molecule has 8 nitrogen and oxygen atoms in total. The van der Waals surface area contributed by atoms with Gasteiger partial charge in [0.15, 0.2) is 0 Å². The number of nitrogens with zero attached hydrogens (tertiary/aromatic N) is 5. The van der Waals surface area contributed by atoms with Crippen LogP contribution in [0.4, 0.5) is 11.5 Å². The van der Waals surface area contributed by atoms with Crippen LogP contribution in [-0.2, 0) is 0 Å². The number of halogens is 1. The molecule has 0 aliphatic carbocycles. The molecule has 0 N–H and O–H groups in total. The molecule has 0 bridgehead atoms. The summed E-state index contributed by atoms with van der Waals surface area (Å²) in [4.78, 5) is 53.4. The average Bonchev–Trinajstić information content (AvgIpc) is 3.17. The zero-order chi connectivity index (χ0) is 24.8. The number of amides is 3. The summed E-state index contributed by atoms with van der Waals surface area (Å²) in [7, 11) is 0. The molecular formula is C27H20ClN5O3. The van der Waals surface area contributed by atoms with E-state index >= 15 is 0 Å². The van der Waals surface area contributed by atoms with Crippen molar-refractivity contribution in [3.8, 4) is 0 Å². The first-order chi connectivity index (χ1) is 17.5. The zero-order valence-corrected chi connectivity index (χ0v) is 19.9. The van der Waals surface area contributed by atoms with Crippen molar-refractivity contribution < 1.29 is 14.4 Å². The van der Waals surface area contributed by atoms with Crippen molar-refractivity contribution in [2.45, 2.75) is 0 Å². The number of hydrogen-bond acceptors (Lipinski definition) is 6. The van der Waals surface area contributed by atoms with Gasteiger partial charge in [-0.3, -0.25) is 19.4 Å². The van der Waals surface area contributed by atoms with Crippen LogP contribution in [0.1, 0.15) is 31.1 Å². The number of carbonyl (C=O) groups excluding carboxylic acids is 3. The van der Waals surface area contributed by atoms with Gasteiger partial charge in [-0.2, -0.15) is 0 Å². The molecule has 4 aromatic rings. The first-order valence-electron chi connectivity index (χ1n) is 11.5. The van der Waals surface area contributed by atoms with E-state index in [0.29, 0.717) is 42.5 Å². The van der Waals surface area contributed by atoms with Gasteiger partial charge in [-0.25, -0.2) is 9.88 Å². The van der Waals surface area contributed by atoms with E-state index in [-0.39, 0.29) is 17.0 Å².